The number of aromatic nitrogens is 2. The lowest BCUT2D eigenvalue weighted by molar-refractivity contribution is -0.00947. The Balaban J connectivity index is 1.77. The van der Waals surface area contributed by atoms with Crippen molar-refractivity contribution >= 4 is 0 Å². The molecule has 0 saturated heterocycles. The zero-order chi connectivity index (χ0) is 11.5. The van der Waals surface area contributed by atoms with Crippen LogP contribution >= 0.6 is 0 Å². The van der Waals surface area contributed by atoms with Gasteiger partial charge in [0, 0.05) is 17.3 Å². The van der Waals surface area contributed by atoms with Crippen molar-refractivity contribution in [2.45, 2.75) is 50.9 Å². The van der Waals surface area contributed by atoms with Crippen LogP contribution in [-0.2, 0) is 5.41 Å². The van der Waals surface area contributed by atoms with E-state index in [9.17, 15) is 0 Å². The molecule has 0 radical (unpaired) electrons. The van der Waals surface area contributed by atoms with Gasteiger partial charge in [-0.15, -0.1) is 0 Å². The minimum absolute atomic E-state index is 0.362. The van der Waals surface area contributed by atoms with Crippen molar-refractivity contribution in [3.05, 3.63) is 23.8 Å². The Labute approximate surface area is 103 Å². The van der Waals surface area contributed by atoms with E-state index < -0.39 is 0 Å². The molecule has 0 unspecified atom stereocenters. The maximum absolute atomic E-state index is 4.75. The van der Waals surface area contributed by atoms with E-state index in [1.54, 1.807) is 0 Å². The Bertz CT molecular complexity index is 417. The summed E-state index contributed by atoms with van der Waals surface area (Å²) in [5, 5.41) is 0. The summed E-state index contributed by atoms with van der Waals surface area (Å²) in [5.41, 5.74) is 1.49. The maximum atomic E-state index is 4.75. The van der Waals surface area contributed by atoms with Gasteiger partial charge in [0.15, 0.2) is 0 Å². The Morgan fingerprint density at radius 3 is 2.18 bits per heavy atom. The van der Waals surface area contributed by atoms with Gasteiger partial charge >= 0.3 is 0 Å². The van der Waals surface area contributed by atoms with Crippen molar-refractivity contribution < 1.29 is 0 Å². The number of aryl methyl sites for hydroxylation is 1. The van der Waals surface area contributed by atoms with Crippen molar-refractivity contribution in [2.75, 3.05) is 0 Å². The summed E-state index contributed by atoms with van der Waals surface area (Å²) in [6, 6.07) is 2.02. The van der Waals surface area contributed by atoms with E-state index in [4.69, 9.17) is 4.98 Å². The van der Waals surface area contributed by atoms with Crippen molar-refractivity contribution in [2.24, 2.45) is 17.8 Å². The first-order valence-corrected chi connectivity index (χ1v) is 7.04. The number of hydrogen-bond acceptors (Lipinski definition) is 2. The van der Waals surface area contributed by atoms with Crippen LogP contribution in [0.25, 0.3) is 0 Å². The zero-order valence-electron chi connectivity index (χ0n) is 10.5. The highest BCUT2D eigenvalue weighted by molar-refractivity contribution is 5.18. The second-order valence-electron chi connectivity index (χ2n) is 6.72. The largest absolute Gasteiger partial charge is 0.241 e. The van der Waals surface area contributed by atoms with Crippen molar-refractivity contribution in [1.82, 2.24) is 9.97 Å². The SMILES string of the molecule is Cc1ccnc(C23CC4CC(CC(C4)C2)C3)n1. The molecule has 2 nitrogen and oxygen atoms in total. The van der Waals surface area contributed by atoms with Gasteiger partial charge in [-0.2, -0.15) is 0 Å². The predicted octanol–water partition coefficient (Wildman–Crippen LogP) is 3.25. The number of rotatable bonds is 1. The molecule has 4 aliphatic carbocycles. The lowest BCUT2D eigenvalue weighted by Crippen LogP contribution is -2.49. The van der Waals surface area contributed by atoms with Crippen LogP contribution in [-0.4, -0.2) is 9.97 Å². The molecule has 17 heavy (non-hydrogen) atoms. The summed E-state index contributed by atoms with van der Waals surface area (Å²) in [7, 11) is 0. The molecular weight excluding hydrogens is 208 g/mol. The van der Waals surface area contributed by atoms with Gasteiger partial charge in [-0.25, -0.2) is 9.97 Å². The standard InChI is InChI=1S/C15H20N2/c1-10-2-3-16-14(17-10)15-7-11-4-12(8-15)6-13(5-11)9-15/h2-3,11-13H,4-9H2,1H3. The fourth-order valence-electron chi connectivity index (χ4n) is 5.09. The summed E-state index contributed by atoms with van der Waals surface area (Å²) >= 11 is 0. The minimum atomic E-state index is 0.362. The number of nitrogens with zero attached hydrogens (tertiary/aromatic N) is 2. The first-order chi connectivity index (χ1) is 8.23. The average molecular weight is 228 g/mol. The van der Waals surface area contributed by atoms with Gasteiger partial charge in [-0.3, -0.25) is 0 Å². The number of hydrogen-bond donors (Lipinski definition) is 0. The predicted molar refractivity (Wildman–Crippen MR) is 66.6 cm³/mol. The Kier molecular flexibility index (Phi) is 1.95. The summed E-state index contributed by atoms with van der Waals surface area (Å²) in [6.07, 6.45) is 10.5. The molecule has 1 heterocycles. The molecule has 0 spiro atoms. The molecule has 5 rings (SSSR count). The summed E-state index contributed by atoms with van der Waals surface area (Å²) < 4.78 is 0. The second-order valence-corrected chi connectivity index (χ2v) is 6.72. The molecule has 4 bridgehead atoms. The topological polar surface area (TPSA) is 25.8 Å². The quantitative estimate of drug-likeness (QED) is 0.737. The van der Waals surface area contributed by atoms with E-state index in [-0.39, 0.29) is 0 Å². The van der Waals surface area contributed by atoms with E-state index in [0.29, 0.717) is 5.41 Å². The molecule has 0 aliphatic heterocycles. The summed E-state index contributed by atoms with van der Waals surface area (Å²) in [5.74, 6) is 4.10. The molecule has 4 aliphatic rings. The molecule has 0 N–H and O–H groups in total. The fraction of sp³-hybridized carbons (Fsp3) is 0.733. The monoisotopic (exact) mass is 228 g/mol. The first-order valence-electron chi connectivity index (χ1n) is 7.04. The van der Waals surface area contributed by atoms with Crippen LogP contribution < -0.4 is 0 Å². The first kappa shape index (κ1) is 10.0. The minimum Gasteiger partial charge on any atom is -0.241 e. The van der Waals surface area contributed by atoms with Gasteiger partial charge in [0.25, 0.3) is 0 Å². The summed E-state index contributed by atoms with van der Waals surface area (Å²) in [6.45, 7) is 2.09. The van der Waals surface area contributed by atoms with Gasteiger partial charge in [-0.1, -0.05) is 0 Å². The van der Waals surface area contributed by atoms with Crippen molar-refractivity contribution in [3.8, 4) is 0 Å². The molecule has 0 atom stereocenters. The van der Waals surface area contributed by atoms with Crippen molar-refractivity contribution in [3.63, 3.8) is 0 Å². The van der Waals surface area contributed by atoms with Gasteiger partial charge in [-0.05, 0) is 69.3 Å². The average Bonchev–Trinajstić information content (AvgIpc) is 2.27. The zero-order valence-corrected chi connectivity index (χ0v) is 10.5. The molecule has 0 aromatic carbocycles. The fourth-order valence-corrected chi connectivity index (χ4v) is 5.09. The normalized spacial score (nSPS) is 43.0. The molecule has 4 saturated carbocycles. The molecule has 0 amide bonds. The van der Waals surface area contributed by atoms with E-state index in [1.807, 2.05) is 12.3 Å². The van der Waals surface area contributed by atoms with Crippen LogP contribution in [0.15, 0.2) is 12.3 Å². The molecule has 90 valence electrons. The van der Waals surface area contributed by atoms with Gasteiger partial charge in [0.1, 0.15) is 5.82 Å². The maximum Gasteiger partial charge on any atom is 0.134 e. The van der Waals surface area contributed by atoms with E-state index in [1.165, 1.54) is 38.5 Å². The highest BCUT2D eigenvalue weighted by atomic mass is 14.9. The van der Waals surface area contributed by atoms with Crippen LogP contribution in [0.1, 0.15) is 50.0 Å². The van der Waals surface area contributed by atoms with Gasteiger partial charge in [0.05, 0.1) is 0 Å². The van der Waals surface area contributed by atoms with Crippen LogP contribution in [0, 0.1) is 24.7 Å². The van der Waals surface area contributed by atoms with Crippen LogP contribution in [0.5, 0.6) is 0 Å². The van der Waals surface area contributed by atoms with E-state index >= 15 is 0 Å². The molecule has 2 heteroatoms. The van der Waals surface area contributed by atoms with Crippen LogP contribution in [0.3, 0.4) is 0 Å². The van der Waals surface area contributed by atoms with Gasteiger partial charge < -0.3 is 0 Å². The third-order valence-corrected chi connectivity index (χ3v) is 5.31. The third-order valence-electron chi connectivity index (χ3n) is 5.31. The molecule has 1 aromatic heterocycles. The van der Waals surface area contributed by atoms with Crippen molar-refractivity contribution in [1.29, 1.82) is 0 Å². The molecule has 1 aromatic rings. The Morgan fingerprint density at radius 2 is 1.65 bits per heavy atom. The smallest absolute Gasteiger partial charge is 0.134 e. The Hall–Kier alpha value is -0.920. The Morgan fingerprint density at radius 1 is 1.06 bits per heavy atom. The lowest BCUT2D eigenvalue weighted by atomic mass is 9.49. The van der Waals surface area contributed by atoms with E-state index in [2.05, 4.69) is 11.9 Å². The highest BCUT2D eigenvalue weighted by Gasteiger charge is 2.53. The second kappa shape index (κ2) is 3.30. The molecular formula is C15H20N2. The summed E-state index contributed by atoms with van der Waals surface area (Å²) in [4.78, 5) is 9.37. The van der Waals surface area contributed by atoms with Gasteiger partial charge in [0.2, 0.25) is 0 Å². The highest BCUT2D eigenvalue weighted by Crippen LogP contribution is 2.59. The van der Waals surface area contributed by atoms with Crippen LogP contribution in [0.2, 0.25) is 0 Å². The molecule has 4 fully saturated rings. The lowest BCUT2D eigenvalue weighted by Gasteiger charge is -2.56. The van der Waals surface area contributed by atoms with Crippen LogP contribution in [0.4, 0.5) is 0 Å². The van der Waals surface area contributed by atoms with E-state index in [0.717, 1.165) is 29.3 Å². The third kappa shape index (κ3) is 1.46.